The first-order valence-corrected chi connectivity index (χ1v) is 5.08. The topological polar surface area (TPSA) is 74.8 Å². The van der Waals surface area contributed by atoms with E-state index in [1.165, 1.54) is 0 Å². The Morgan fingerprint density at radius 2 is 2.33 bits per heavy atom. The number of nitrogen functional groups attached to an aromatic ring is 1. The predicted octanol–water partition coefficient (Wildman–Crippen LogP) is 3.08. The molecule has 0 bridgehead atoms. The van der Waals surface area contributed by atoms with Crippen LogP contribution in [0.15, 0.2) is 27.8 Å². The maximum absolute atomic E-state index is 8.05. The number of halogens is 1. The molecule has 0 aliphatic rings. The summed E-state index contributed by atoms with van der Waals surface area (Å²) in [4.78, 5) is 2.64. The molecule has 5 heteroatoms. The summed E-state index contributed by atoms with van der Waals surface area (Å²) in [6.45, 7) is 0.386. The monoisotopic (exact) mass is 264 g/mol. The molecule has 0 unspecified atom stereocenters. The SMILES string of the molecule is [N-]=[N+]=NCCC#Cc1cc(Br)ccc1N. The normalized spacial score (nSPS) is 8.60. The quantitative estimate of drug-likeness (QED) is 0.219. The van der Waals surface area contributed by atoms with Crippen LogP contribution in [0.5, 0.6) is 0 Å². The zero-order valence-corrected chi connectivity index (χ0v) is 9.53. The van der Waals surface area contributed by atoms with Gasteiger partial charge in [-0.05, 0) is 23.7 Å². The molecule has 0 atom stereocenters. The summed E-state index contributed by atoms with van der Waals surface area (Å²) in [5.41, 5.74) is 15.2. The van der Waals surface area contributed by atoms with Crippen LogP contribution in [0.2, 0.25) is 0 Å². The summed E-state index contributed by atoms with van der Waals surface area (Å²) >= 11 is 3.34. The van der Waals surface area contributed by atoms with Crippen LogP contribution in [-0.4, -0.2) is 6.54 Å². The van der Waals surface area contributed by atoms with Gasteiger partial charge in [-0.15, -0.1) is 0 Å². The van der Waals surface area contributed by atoms with Gasteiger partial charge in [0.05, 0.1) is 0 Å². The summed E-state index contributed by atoms with van der Waals surface area (Å²) in [6, 6.07) is 5.51. The van der Waals surface area contributed by atoms with E-state index in [9.17, 15) is 0 Å². The lowest BCUT2D eigenvalue weighted by atomic mass is 10.2. The summed E-state index contributed by atoms with van der Waals surface area (Å²) in [5.74, 6) is 5.81. The molecule has 0 spiro atoms. The third-order valence-corrected chi connectivity index (χ3v) is 2.13. The van der Waals surface area contributed by atoms with E-state index in [1.807, 2.05) is 12.1 Å². The molecule has 0 saturated heterocycles. The summed E-state index contributed by atoms with van der Waals surface area (Å²) in [5, 5.41) is 3.38. The zero-order chi connectivity index (χ0) is 11.1. The molecule has 2 N–H and O–H groups in total. The third kappa shape index (κ3) is 3.94. The van der Waals surface area contributed by atoms with E-state index in [2.05, 4.69) is 37.8 Å². The maximum Gasteiger partial charge on any atom is 0.0486 e. The van der Waals surface area contributed by atoms with E-state index in [4.69, 9.17) is 11.3 Å². The van der Waals surface area contributed by atoms with Gasteiger partial charge >= 0.3 is 0 Å². The molecule has 0 fully saturated rings. The van der Waals surface area contributed by atoms with E-state index in [-0.39, 0.29) is 0 Å². The number of hydrogen-bond donors (Lipinski definition) is 1. The Morgan fingerprint density at radius 3 is 3.07 bits per heavy atom. The number of azide groups is 1. The van der Waals surface area contributed by atoms with Gasteiger partial charge in [0, 0.05) is 33.6 Å². The van der Waals surface area contributed by atoms with Crippen molar-refractivity contribution in [3.05, 3.63) is 38.7 Å². The molecule has 1 rings (SSSR count). The van der Waals surface area contributed by atoms with Crippen molar-refractivity contribution in [1.29, 1.82) is 0 Å². The average Bonchev–Trinajstić information content (AvgIpc) is 2.23. The van der Waals surface area contributed by atoms with Gasteiger partial charge in [0.2, 0.25) is 0 Å². The fourth-order valence-corrected chi connectivity index (χ4v) is 1.31. The van der Waals surface area contributed by atoms with E-state index < -0.39 is 0 Å². The molecule has 0 radical (unpaired) electrons. The Kier molecular flexibility index (Phi) is 4.55. The van der Waals surface area contributed by atoms with E-state index in [0.717, 1.165) is 10.0 Å². The summed E-state index contributed by atoms with van der Waals surface area (Å²) in [6.07, 6.45) is 0.538. The first-order chi connectivity index (χ1) is 7.24. The van der Waals surface area contributed by atoms with Crippen LogP contribution < -0.4 is 5.73 Å². The smallest absolute Gasteiger partial charge is 0.0486 e. The molecular formula is C10H9BrN4. The zero-order valence-electron chi connectivity index (χ0n) is 7.94. The van der Waals surface area contributed by atoms with Crippen molar-refractivity contribution in [1.82, 2.24) is 0 Å². The van der Waals surface area contributed by atoms with Gasteiger partial charge in [-0.3, -0.25) is 0 Å². The van der Waals surface area contributed by atoms with Crippen molar-refractivity contribution >= 4 is 21.6 Å². The van der Waals surface area contributed by atoms with Gasteiger partial charge in [-0.25, -0.2) is 0 Å². The van der Waals surface area contributed by atoms with Crippen molar-refractivity contribution in [3.63, 3.8) is 0 Å². The van der Waals surface area contributed by atoms with Gasteiger partial charge in [-0.1, -0.05) is 32.9 Å². The molecule has 0 aliphatic heterocycles. The highest BCUT2D eigenvalue weighted by atomic mass is 79.9. The Balaban J connectivity index is 2.70. The van der Waals surface area contributed by atoms with Crippen molar-refractivity contribution in [2.45, 2.75) is 6.42 Å². The molecule has 1 aromatic carbocycles. The minimum Gasteiger partial charge on any atom is -0.398 e. The molecule has 0 aromatic heterocycles. The molecule has 0 saturated carbocycles. The Bertz CT molecular complexity index is 452. The molecule has 0 aliphatic carbocycles. The van der Waals surface area contributed by atoms with Crippen LogP contribution in [0, 0.1) is 11.8 Å². The minimum absolute atomic E-state index is 0.386. The third-order valence-electron chi connectivity index (χ3n) is 1.64. The molecular weight excluding hydrogens is 256 g/mol. The highest BCUT2D eigenvalue weighted by Crippen LogP contribution is 2.17. The lowest BCUT2D eigenvalue weighted by Crippen LogP contribution is -1.89. The number of anilines is 1. The van der Waals surface area contributed by atoms with E-state index in [0.29, 0.717) is 18.7 Å². The predicted molar refractivity (Wildman–Crippen MR) is 64.1 cm³/mol. The lowest BCUT2D eigenvalue weighted by Gasteiger charge is -1.97. The molecule has 0 heterocycles. The van der Waals surface area contributed by atoms with Gasteiger partial charge in [0.1, 0.15) is 0 Å². The molecule has 4 nitrogen and oxygen atoms in total. The lowest BCUT2D eigenvalue weighted by molar-refractivity contribution is 1.01. The number of nitrogens with two attached hydrogens (primary N) is 1. The van der Waals surface area contributed by atoms with Crippen LogP contribution in [0.3, 0.4) is 0 Å². The minimum atomic E-state index is 0.386. The van der Waals surface area contributed by atoms with Crippen molar-refractivity contribution in [2.75, 3.05) is 12.3 Å². The highest BCUT2D eigenvalue weighted by Gasteiger charge is 1.95. The Labute approximate surface area is 96.2 Å². The summed E-state index contributed by atoms with van der Waals surface area (Å²) in [7, 11) is 0. The molecule has 0 amide bonds. The van der Waals surface area contributed by atoms with Crippen LogP contribution >= 0.6 is 15.9 Å². The molecule has 15 heavy (non-hydrogen) atoms. The number of benzene rings is 1. The van der Waals surface area contributed by atoms with E-state index in [1.54, 1.807) is 6.07 Å². The van der Waals surface area contributed by atoms with Crippen molar-refractivity contribution in [2.24, 2.45) is 5.11 Å². The largest absolute Gasteiger partial charge is 0.398 e. The van der Waals surface area contributed by atoms with Crippen molar-refractivity contribution < 1.29 is 0 Å². The molecule has 76 valence electrons. The van der Waals surface area contributed by atoms with Crippen molar-refractivity contribution in [3.8, 4) is 11.8 Å². The van der Waals surface area contributed by atoms with Gasteiger partial charge in [-0.2, -0.15) is 0 Å². The number of nitrogens with zero attached hydrogens (tertiary/aromatic N) is 3. The van der Waals surface area contributed by atoms with Gasteiger partial charge < -0.3 is 5.73 Å². The first kappa shape index (κ1) is 11.4. The second-order valence-corrected chi connectivity index (χ2v) is 3.65. The van der Waals surface area contributed by atoms with Gasteiger partial charge in [0.15, 0.2) is 0 Å². The fourth-order valence-electron chi connectivity index (χ4n) is 0.945. The summed E-state index contributed by atoms with van der Waals surface area (Å²) < 4.78 is 0.941. The standard InChI is InChI=1S/C10H9BrN4/c11-9-4-5-10(12)8(7-9)3-1-2-6-14-15-13/h4-5,7H,2,6,12H2. The molecule has 1 aromatic rings. The number of hydrogen-bond acceptors (Lipinski definition) is 2. The number of rotatable bonds is 2. The van der Waals surface area contributed by atoms with Crippen LogP contribution in [0.4, 0.5) is 5.69 Å². The van der Waals surface area contributed by atoms with Gasteiger partial charge in [0.25, 0.3) is 0 Å². The fraction of sp³-hybridized carbons (Fsp3) is 0.200. The Hall–Kier alpha value is -1.63. The second kappa shape index (κ2) is 5.97. The van der Waals surface area contributed by atoms with Crippen LogP contribution in [-0.2, 0) is 0 Å². The highest BCUT2D eigenvalue weighted by molar-refractivity contribution is 9.10. The second-order valence-electron chi connectivity index (χ2n) is 2.74. The van der Waals surface area contributed by atoms with E-state index >= 15 is 0 Å². The van der Waals surface area contributed by atoms with Crippen LogP contribution in [0.1, 0.15) is 12.0 Å². The average molecular weight is 265 g/mol. The first-order valence-electron chi connectivity index (χ1n) is 4.29. The Morgan fingerprint density at radius 1 is 1.53 bits per heavy atom. The van der Waals surface area contributed by atoms with Crippen LogP contribution in [0.25, 0.3) is 10.4 Å². The maximum atomic E-state index is 8.05.